The molecule has 0 unspecified atom stereocenters. The van der Waals surface area contributed by atoms with E-state index in [1.165, 1.54) is 6.07 Å². The molecule has 4 nitrogen and oxygen atoms in total. The number of hydrogen-bond acceptors (Lipinski definition) is 3. The molecule has 0 saturated carbocycles. The molecule has 1 aromatic heterocycles. The van der Waals surface area contributed by atoms with Crippen LogP contribution in [0, 0.1) is 5.82 Å². The third kappa shape index (κ3) is 2.29. The van der Waals surface area contributed by atoms with Gasteiger partial charge in [-0.25, -0.2) is 4.39 Å². The second-order valence-corrected chi connectivity index (χ2v) is 3.48. The number of fused-ring (bicyclic) bond motifs is 1. The minimum atomic E-state index is -0.418. The Kier molecular flexibility index (Phi) is 3.39. The molecule has 2 aromatic rings. The van der Waals surface area contributed by atoms with Crippen LogP contribution in [0.25, 0.3) is 17.0 Å². The van der Waals surface area contributed by atoms with Crippen LogP contribution in [0.5, 0.6) is 5.75 Å². The smallest absolute Gasteiger partial charge is 0.165 e. The highest BCUT2D eigenvalue weighted by Crippen LogP contribution is 2.25. The monoisotopic (exact) mass is 236 g/mol. The lowest BCUT2D eigenvalue weighted by Crippen LogP contribution is -2.05. The van der Waals surface area contributed by atoms with Gasteiger partial charge in [0.15, 0.2) is 11.6 Å². The van der Waals surface area contributed by atoms with Gasteiger partial charge in [-0.05, 0) is 12.1 Å². The van der Waals surface area contributed by atoms with Crippen LogP contribution in [0.2, 0.25) is 0 Å². The van der Waals surface area contributed by atoms with E-state index in [-0.39, 0.29) is 5.75 Å². The molecule has 0 aliphatic heterocycles. The van der Waals surface area contributed by atoms with E-state index in [1.54, 1.807) is 19.3 Å². The molecule has 5 heteroatoms. The van der Waals surface area contributed by atoms with Gasteiger partial charge in [-0.3, -0.25) is 5.10 Å². The normalized spacial score (nSPS) is 10.7. The summed E-state index contributed by atoms with van der Waals surface area (Å²) in [6.45, 7) is 4.34. The van der Waals surface area contributed by atoms with Crippen molar-refractivity contribution in [2.45, 2.75) is 0 Å². The topological polar surface area (TPSA) is 47.1 Å². The number of aromatic nitrogens is 2. The summed E-state index contributed by atoms with van der Waals surface area (Å²) in [6, 6.07) is 2.97. The molecule has 0 radical (unpaired) electrons. The summed E-state index contributed by atoms with van der Waals surface area (Å²) < 4.78 is 23.8. The Morgan fingerprint density at radius 1 is 1.47 bits per heavy atom. The summed E-state index contributed by atoms with van der Waals surface area (Å²) in [5.41, 5.74) is 1.34. The van der Waals surface area contributed by atoms with Crippen LogP contribution < -0.4 is 4.74 Å². The third-order valence-electron chi connectivity index (χ3n) is 2.38. The first-order valence-electron chi connectivity index (χ1n) is 5.18. The molecule has 0 spiro atoms. The summed E-state index contributed by atoms with van der Waals surface area (Å²) in [5.74, 6) is -0.230. The van der Waals surface area contributed by atoms with E-state index in [9.17, 15) is 4.39 Å². The van der Waals surface area contributed by atoms with Gasteiger partial charge in [0.1, 0.15) is 6.61 Å². The number of H-pyrrole nitrogens is 1. The number of aromatic amines is 1. The van der Waals surface area contributed by atoms with Crippen LogP contribution in [0.4, 0.5) is 4.39 Å². The Labute approximate surface area is 98.0 Å². The lowest BCUT2D eigenvalue weighted by Gasteiger charge is -2.06. The van der Waals surface area contributed by atoms with Gasteiger partial charge in [-0.1, -0.05) is 6.58 Å². The lowest BCUT2D eigenvalue weighted by atomic mass is 10.2. The van der Waals surface area contributed by atoms with Crippen LogP contribution in [0.3, 0.4) is 0 Å². The van der Waals surface area contributed by atoms with Crippen molar-refractivity contribution in [2.24, 2.45) is 0 Å². The highest BCUT2D eigenvalue weighted by atomic mass is 19.1. The molecular weight excluding hydrogens is 223 g/mol. The molecular formula is C12H13FN2O2. The zero-order valence-corrected chi connectivity index (χ0v) is 9.50. The first-order valence-corrected chi connectivity index (χ1v) is 5.18. The summed E-state index contributed by atoms with van der Waals surface area (Å²) >= 11 is 0. The van der Waals surface area contributed by atoms with Crippen molar-refractivity contribution in [2.75, 3.05) is 20.3 Å². The first-order chi connectivity index (χ1) is 8.26. The largest absolute Gasteiger partial charge is 0.488 e. The Bertz CT molecular complexity index is 537. The van der Waals surface area contributed by atoms with E-state index >= 15 is 0 Å². The van der Waals surface area contributed by atoms with Gasteiger partial charge in [0, 0.05) is 18.6 Å². The fraction of sp³-hybridized carbons (Fsp3) is 0.250. The second kappa shape index (κ2) is 4.97. The Morgan fingerprint density at radius 2 is 2.29 bits per heavy atom. The maximum Gasteiger partial charge on any atom is 0.165 e. The Balaban J connectivity index is 2.32. The van der Waals surface area contributed by atoms with E-state index in [0.717, 1.165) is 0 Å². The van der Waals surface area contributed by atoms with Crippen LogP contribution >= 0.6 is 0 Å². The van der Waals surface area contributed by atoms with Crippen molar-refractivity contribution in [3.8, 4) is 5.75 Å². The maximum absolute atomic E-state index is 13.7. The van der Waals surface area contributed by atoms with Crippen LogP contribution in [-0.2, 0) is 4.74 Å². The zero-order chi connectivity index (χ0) is 12.3. The average Bonchev–Trinajstić information content (AvgIpc) is 2.71. The van der Waals surface area contributed by atoms with Crippen molar-refractivity contribution in [3.63, 3.8) is 0 Å². The molecule has 0 amide bonds. The maximum atomic E-state index is 13.7. The van der Waals surface area contributed by atoms with Gasteiger partial charge < -0.3 is 9.47 Å². The predicted octanol–water partition coefficient (Wildman–Crippen LogP) is 2.37. The van der Waals surface area contributed by atoms with Crippen molar-refractivity contribution < 1.29 is 13.9 Å². The lowest BCUT2D eigenvalue weighted by molar-refractivity contribution is 0.144. The minimum Gasteiger partial charge on any atom is -0.488 e. The second-order valence-electron chi connectivity index (χ2n) is 3.48. The molecule has 90 valence electrons. The van der Waals surface area contributed by atoms with E-state index in [1.807, 2.05) is 0 Å². The van der Waals surface area contributed by atoms with Crippen LogP contribution in [0.1, 0.15) is 5.69 Å². The number of nitrogens with zero attached hydrogens (tertiary/aromatic N) is 1. The Morgan fingerprint density at radius 3 is 3.00 bits per heavy atom. The van der Waals surface area contributed by atoms with Gasteiger partial charge >= 0.3 is 0 Å². The van der Waals surface area contributed by atoms with E-state index < -0.39 is 5.82 Å². The molecule has 0 fully saturated rings. The summed E-state index contributed by atoms with van der Waals surface area (Å²) in [7, 11) is 1.56. The highest BCUT2D eigenvalue weighted by Gasteiger charge is 2.10. The number of rotatable bonds is 5. The van der Waals surface area contributed by atoms with Crippen LogP contribution in [-0.4, -0.2) is 30.5 Å². The summed E-state index contributed by atoms with van der Waals surface area (Å²) in [4.78, 5) is 0. The van der Waals surface area contributed by atoms with Gasteiger partial charge in [0.2, 0.25) is 0 Å². The molecule has 0 saturated heterocycles. The number of nitrogens with one attached hydrogen (secondary N) is 1. The zero-order valence-electron chi connectivity index (χ0n) is 9.50. The summed E-state index contributed by atoms with van der Waals surface area (Å²) in [6.07, 6.45) is 1.57. The van der Waals surface area contributed by atoms with Gasteiger partial charge in [0.25, 0.3) is 0 Å². The van der Waals surface area contributed by atoms with Crippen molar-refractivity contribution in [1.82, 2.24) is 10.2 Å². The van der Waals surface area contributed by atoms with Gasteiger partial charge in [-0.15, -0.1) is 0 Å². The molecule has 2 rings (SSSR count). The molecule has 0 aliphatic rings. The number of hydrogen-bond donors (Lipinski definition) is 1. The van der Waals surface area contributed by atoms with Crippen LogP contribution in [0.15, 0.2) is 18.7 Å². The number of benzene rings is 1. The SMILES string of the molecule is C=Cc1n[nH]c2cc(OCCOC)c(F)cc12. The quantitative estimate of drug-likeness (QED) is 0.811. The fourth-order valence-electron chi connectivity index (χ4n) is 1.54. The van der Waals surface area contributed by atoms with Gasteiger partial charge in [0.05, 0.1) is 17.8 Å². The molecule has 1 N–H and O–H groups in total. The molecule has 0 bridgehead atoms. The standard InChI is InChI=1S/C12H13FN2O2/c1-3-10-8-6-9(13)12(17-5-4-16-2)7-11(8)15-14-10/h3,6-7H,1,4-5H2,2H3,(H,14,15). The Hall–Kier alpha value is -1.88. The summed E-state index contributed by atoms with van der Waals surface area (Å²) in [5, 5.41) is 7.49. The molecule has 17 heavy (non-hydrogen) atoms. The minimum absolute atomic E-state index is 0.189. The van der Waals surface area contributed by atoms with E-state index in [0.29, 0.717) is 29.8 Å². The number of methoxy groups -OCH3 is 1. The third-order valence-corrected chi connectivity index (χ3v) is 2.38. The fourth-order valence-corrected chi connectivity index (χ4v) is 1.54. The van der Waals surface area contributed by atoms with E-state index in [2.05, 4.69) is 16.8 Å². The van der Waals surface area contributed by atoms with Crippen molar-refractivity contribution >= 4 is 17.0 Å². The molecule has 1 aromatic carbocycles. The van der Waals surface area contributed by atoms with E-state index in [4.69, 9.17) is 9.47 Å². The highest BCUT2D eigenvalue weighted by molar-refractivity contribution is 5.87. The molecule has 0 atom stereocenters. The number of halogens is 1. The average molecular weight is 236 g/mol. The molecule has 1 heterocycles. The number of ether oxygens (including phenoxy) is 2. The predicted molar refractivity (Wildman–Crippen MR) is 63.5 cm³/mol. The van der Waals surface area contributed by atoms with Gasteiger partial charge in [-0.2, -0.15) is 5.10 Å². The molecule has 0 aliphatic carbocycles. The first kappa shape index (κ1) is 11.6. The van der Waals surface area contributed by atoms with Crippen molar-refractivity contribution in [3.05, 3.63) is 30.2 Å². The van der Waals surface area contributed by atoms with Crippen molar-refractivity contribution in [1.29, 1.82) is 0 Å².